The molecule has 3 aromatic rings. The van der Waals surface area contributed by atoms with Crippen LogP contribution in [0.3, 0.4) is 0 Å². The van der Waals surface area contributed by atoms with Crippen molar-refractivity contribution in [2.75, 3.05) is 0 Å². The summed E-state index contributed by atoms with van der Waals surface area (Å²) >= 11 is 1.21. The fourth-order valence-electron chi connectivity index (χ4n) is 2.20. The van der Waals surface area contributed by atoms with Gasteiger partial charge < -0.3 is 14.9 Å². The summed E-state index contributed by atoms with van der Waals surface area (Å²) in [5, 5.41) is 29.2. The van der Waals surface area contributed by atoms with E-state index in [1.54, 1.807) is 30.3 Å². The summed E-state index contributed by atoms with van der Waals surface area (Å²) in [5.41, 5.74) is 1.87. The monoisotopic (exact) mass is 354 g/mol. The maximum absolute atomic E-state index is 12.0. The molecule has 2 aromatic carbocycles. The molecule has 126 valence electrons. The van der Waals surface area contributed by atoms with Crippen molar-refractivity contribution < 1.29 is 19.7 Å². The molecule has 1 aromatic heterocycles. The highest BCUT2D eigenvalue weighted by molar-refractivity contribution is 7.18. The van der Waals surface area contributed by atoms with Crippen LogP contribution in [0.15, 0.2) is 48.5 Å². The molecule has 0 saturated heterocycles. The lowest BCUT2D eigenvalue weighted by Crippen LogP contribution is -2.29. The van der Waals surface area contributed by atoms with E-state index in [1.165, 1.54) is 11.3 Å². The number of aliphatic hydroxyl groups is 2. The fourth-order valence-corrected chi connectivity index (χ4v) is 3.18. The summed E-state index contributed by atoms with van der Waals surface area (Å²) in [7, 11) is 0. The molecule has 0 spiro atoms. The van der Waals surface area contributed by atoms with E-state index in [1.807, 2.05) is 24.3 Å². The Morgan fingerprint density at radius 3 is 2.60 bits per heavy atom. The van der Waals surface area contributed by atoms with Crippen molar-refractivity contribution in [3.63, 3.8) is 0 Å². The van der Waals surface area contributed by atoms with Gasteiger partial charge in [0, 0.05) is 0 Å². The number of aliphatic hydroxyl groups excluding tert-OH is 2. The number of nitriles is 1. The van der Waals surface area contributed by atoms with Crippen LogP contribution in [-0.4, -0.2) is 27.3 Å². The van der Waals surface area contributed by atoms with Crippen LogP contribution in [-0.2, 0) is 16.1 Å². The molecule has 0 fully saturated rings. The normalized spacial score (nSPS) is 13.2. The molecule has 0 saturated carbocycles. The molecule has 1 heterocycles. The quantitative estimate of drug-likeness (QED) is 0.682. The maximum Gasteiger partial charge on any atom is 0.338 e. The molecule has 0 unspecified atom stereocenters. The van der Waals surface area contributed by atoms with E-state index in [2.05, 4.69) is 4.98 Å². The zero-order chi connectivity index (χ0) is 17.8. The number of ether oxygens (including phenoxy) is 1. The number of aromatic nitrogens is 1. The van der Waals surface area contributed by atoms with Crippen LogP contribution in [0.25, 0.3) is 10.2 Å². The van der Waals surface area contributed by atoms with Gasteiger partial charge in [0.1, 0.15) is 17.7 Å². The fraction of sp³-hybridized carbons (Fsp3) is 0.167. The molecule has 0 aliphatic rings. The van der Waals surface area contributed by atoms with Crippen molar-refractivity contribution in [2.45, 2.75) is 18.8 Å². The van der Waals surface area contributed by atoms with Gasteiger partial charge in [0.2, 0.25) is 0 Å². The smallest absolute Gasteiger partial charge is 0.338 e. The van der Waals surface area contributed by atoms with Gasteiger partial charge in [-0.1, -0.05) is 24.3 Å². The Kier molecular flexibility index (Phi) is 5.05. The lowest BCUT2D eigenvalue weighted by Gasteiger charge is -2.14. The standard InChI is InChI=1S/C18H14N2O4S/c19-9-11-5-7-12(8-6-11)10-24-18(23)16(22)15(21)17-20-13-3-1-2-4-14(13)25-17/h1-8,15-16,21-22H,10H2/t15-,16+/m1/s1. The zero-order valence-electron chi connectivity index (χ0n) is 13.0. The van der Waals surface area contributed by atoms with Crippen molar-refractivity contribution in [3.8, 4) is 6.07 Å². The number of hydrogen-bond donors (Lipinski definition) is 2. The van der Waals surface area contributed by atoms with Crippen LogP contribution < -0.4 is 0 Å². The third-order valence-corrected chi connectivity index (χ3v) is 4.68. The van der Waals surface area contributed by atoms with Crippen LogP contribution in [0, 0.1) is 11.3 Å². The first kappa shape index (κ1) is 17.0. The van der Waals surface area contributed by atoms with Crippen molar-refractivity contribution in [1.29, 1.82) is 5.26 Å². The molecule has 0 aliphatic heterocycles. The van der Waals surface area contributed by atoms with E-state index in [-0.39, 0.29) is 11.6 Å². The van der Waals surface area contributed by atoms with Gasteiger partial charge in [-0.3, -0.25) is 0 Å². The molecular weight excluding hydrogens is 340 g/mol. The molecule has 6 nitrogen and oxygen atoms in total. The zero-order valence-corrected chi connectivity index (χ0v) is 13.8. The Labute approximate surface area is 147 Å². The summed E-state index contributed by atoms with van der Waals surface area (Å²) in [5.74, 6) is -0.934. The summed E-state index contributed by atoms with van der Waals surface area (Å²) < 4.78 is 5.88. The second-order valence-electron chi connectivity index (χ2n) is 5.33. The minimum atomic E-state index is -1.72. The maximum atomic E-state index is 12.0. The molecule has 3 rings (SSSR count). The molecular formula is C18H14N2O4S. The van der Waals surface area contributed by atoms with Gasteiger partial charge in [-0.25, -0.2) is 9.78 Å². The van der Waals surface area contributed by atoms with Crippen molar-refractivity contribution in [2.24, 2.45) is 0 Å². The minimum absolute atomic E-state index is 0.0613. The number of para-hydroxylation sites is 1. The van der Waals surface area contributed by atoms with Gasteiger partial charge in [-0.15, -0.1) is 11.3 Å². The lowest BCUT2D eigenvalue weighted by atomic mass is 10.1. The Morgan fingerprint density at radius 2 is 1.92 bits per heavy atom. The summed E-state index contributed by atoms with van der Waals surface area (Å²) in [6.45, 7) is -0.0613. The summed E-state index contributed by atoms with van der Waals surface area (Å²) in [6.07, 6.45) is -3.18. The number of hydrogen-bond acceptors (Lipinski definition) is 7. The molecule has 0 bridgehead atoms. The first-order chi connectivity index (χ1) is 12.1. The van der Waals surface area contributed by atoms with Crippen molar-refractivity contribution >= 4 is 27.5 Å². The highest BCUT2D eigenvalue weighted by Gasteiger charge is 2.29. The average molecular weight is 354 g/mol. The number of carbonyl (C=O) groups is 1. The van der Waals surface area contributed by atoms with E-state index in [0.717, 1.165) is 4.70 Å². The second kappa shape index (κ2) is 7.40. The Balaban J connectivity index is 1.63. The van der Waals surface area contributed by atoms with Gasteiger partial charge in [-0.2, -0.15) is 5.26 Å². The largest absolute Gasteiger partial charge is 0.459 e. The number of benzene rings is 2. The molecule has 25 heavy (non-hydrogen) atoms. The number of rotatable bonds is 5. The minimum Gasteiger partial charge on any atom is -0.459 e. The van der Waals surface area contributed by atoms with E-state index >= 15 is 0 Å². The highest BCUT2D eigenvalue weighted by Crippen LogP contribution is 2.28. The average Bonchev–Trinajstić information content (AvgIpc) is 3.09. The number of esters is 1. The number of fused-ring (bicyclic) bond motifs is 1. The van der Waals surface area contributed by atoms with E-state index in [4.69, 9.17) is 10.00 Å². The SMILES string of the molecule is N#Cc1ccc(COC(=O)[C@@H](O)[C@@H](O)c2nc3ccccc3s2)cc1. The molecule has 7 heteroatoms. The first-order valence-electron chi connectivity index (χ1n) is 7.46. The van der Waals surface area contributed by atoms with Crippen molar-refractivity contribution in [3.05, 3.63) is 64.7 Å². The Hall–Kier alpha value is -2.79. The predicted octanol–water partition coefficient (Wildman–Crippen LogP) is 2.31. The highest BCUT2D eigenvalue weighted by atomic mass is 32.1. The Morgan fingerprint density at radius 1 is 1.20 bits per heavy atom. The van der Waals surface area contributed by atoms with Crippen molar-refractivity contribution in [1.82, 2.24) is 4.98 Å². The van der Waals surface area contributed by atoms with E-state index in [0.29, 0.717) is 16.6 Å². The van der Waals surface area contributed by atoms with Gasteiger partial charge in [-0.05, 0) is 29.8 Å². The molecule has 0 radical (unpaired) electrons. The van der Waals surface area contributed by atoms with Gasteiger partial charge in [0.05, 0.1) is 21.8 Å². The van der Waals surface area contributed by atoms with Gasteiger partial charge in [0.15, 0.2) is 6.10 Å². The summed E-state index contributed by atoms with van der Waals surface area (Å²) in [6, 6.07) is 15.8. The predicted molar refractivity (Wildman–Crippen MR) is 91.5 cm³/mol. The number of carbonyl (C=O) groups excluding carboxylic acids is 1. The van der Waals surface area contributed by atoms with Crippen LogP contribution in [0.2, 0.25) is 0 Å². The third-order valence-electron chi connectivity index (χ3n) is 3.57. The van der Waals surface area contributed by atoms with Gasteiger partial charge in [0.25, 0.3) is 0 Å². The van der Waals surface area contributed by atoms with Crippen LogP contribution in [0.4, 0.5) is 0 Å². The second-order valence-corrected chi connectivity index (χ2v) is 6.39. The molecule has 0 amide bonds. The molecule has 0 aliphatic carbocycles. The Bertz CT molecular complexity index is 897. The number of thiazole rings is 1. The van der Waals surface area contributed by atoms with Crippen LogP contribution >= 0.6 is 11.3 Å². The third kappa shape index (κ3) is 3.83. The lowest BCUT2D eigenvalue weighted by molar-refractivity contribution is -0.161. The number of nitrogens with zero attached hydrogens (tertiary/aromatic N) is 2. The first-order valence-corrected chi connectivity index (χ1v) is 8.27. The molecule has 2 N–H and O–H groups in total. The molecule has 2 atom stereocenters. The van der Waals surface area contributed by atoms with Crippen LogP contribution in [0.1, 0.15) is 22.2 Å². The topological polar surface area (TPSA) is 103 Å². The van der Waals surface area contributed by atoms with Crippen LogP contribution in [0.5, 0.6) is 0 Å². The van der Waals surface area contributed by atoms with E-state index < -0.39 is 18.2 Å². The summed E-state index contributed by atoms with van der Waals surface area (Å²) in [4.78, 5) is 16.2. The van der Waals surface area contributed by atoms with Gasteiger partial charge >= 0.3 is 5.97 Å². The van der Waals surface area contributed by atoms with E-state index in [9.17, 15) is 15.0 Å².